The number of piperidine rings is 1. The first-order valence-corrected chi connectivity index (χ1v) is 12.6. The number of nitrogens with one attached hydrogen (secondary N) is 1. The smallest absolute Gasteiger partial charge is 0.283 e. The number of benzene rings is 2. The zero-order chi connectivity index (χ0) is 22.0. The molecule has 1 N–H and O–H groups in total. The monoisotopic (exact) mass is 592 g/mol. The summed E-state index contributed by atoms with van der Waals surface area (Å²) in [5.74, 6) is -0.126. The van der Waals surface area contributed by atoms with E-state index in [9.17, 15) is 4.79 Å². The third-order valence-electron chi connectivity index (χ3n) is 5.67. The average Bonchev–Trinajstić information content (AvgIpc) is 3.14. The molecule has 162 valence electrons. The van der Waals surface area contributed by atoms with Crippen molar-refractivity contribution in [3.8, 4) is 16.9 Å². The van der Waals surface area contributed by atoms with Crippen LogP contribution in [-0.2, 0) is 6.42 Å². The van der Waals surface area contributed by atoms with Gasteiger partial charge in [0.15, 0.2) is 5.69 Å². The van der Waals surface area contributed by atoms with E-state index in [1.807, 2.05) is 21.8 Å². The van der Waals surface area contributed by atoms with Crippen molar-refractivity contribution in [2.75, 3.05) is 13.1 Å². The van der Waals surface area contributed by atoms with Crippen molar-refractivity contribution in [1.82, 2.24) is 20.2 Å². The Labute approximate surface area is 205 Å². The summed E-state index contributed by atoms with van der Waals surface area (Å²) in [5.41, 5.74) is 8.70. The van der Waals surface area contributed by atoms with Crippen molar-refractivity contribution in [3.63, 3.8) is 0 Å². The maximum atomic E-state index is 13.3. The summed E-state index contributed by atoms with van der Waals surface area (Å²) >= 11 is 5.85. The van der Waals surface area contributed by atoms with Gasteiger partial charge in [-0.25, -0.2) is 9.69 Å². The molecular formula is C24H26BrIN4O. The highest BCUT2D eigenvalue weighted by atomic mass is 127. The van der Waals surface area contributed by atoms with Crippen LogP contribution < -0.4 is 5.43 Å². The summed E-state index contributed by atoms with van der Waals surface area (Å²) in [7, 11) is 0. The number of carbonyl (C=O) groups excluding carboxylic acids is 1. The van der Waals surface area contributed by atoms with E-state index in [1.165, 1.54) is 9.99 Å². The van der Waals surface area contributed by atoms with Crippen LogP contribution in [0.5, 0.6) is 0 Å². The predicted octanol–water partition coefficient (Wildman–Crippen LogP) is 5.91. The molecule has 0 bridgehead atoms. The Morgan fingerprint density at radius 1 is 1.13 bits per heavy atom. The Morgan fingerprint density at radius 2 is 1.84 bits per heavy atom. The third-order valence-corrected chi connectivity index (χ3v) is 6.87. The van der Waals surface area contributed by atoms with Crippen molar-refractivity contribution >= 4 is 44.4 Å². The number of halogens is 2. The number of hydrogen-bond donors (Lipinski definition) is 1. The molecule has 0 atom stereocenters. The quantitative estimate of drug-likeness (QED) is 0.375. The van der Waals surface area contributed by atoms with Gasteiger partial charge in [0.25, 0.3) is 5.91 Å². The summed E-state index contributed by atoms with van der Waals surface area (Å²) < 4.78 is 4.14. The molecular weight excluding hydrogens is 567 g/mol. The number of amides is 1. The van der Waals surface area contributed by atoms with Gasteiger partial charge in [0.2, 0.25) is 0 Å². The Morgan fingerprint density at radius 3 is 2.48 bits per heavy atom. The molecule has 5 nitrogen and oxygen atoms in total. The number of aromatic nitrogens is 2. The number of carbonyl (C=O) groups is 1. The third kappa shape index (κ3) is 4.88. The van der Waals surface area contributed by atoms with Crippen LogP contribution in [0.15, 0.2) is 46.9 Å². The fourth-order valence-corrected chi connectivity index (χ4v) is 5.02. The minimum atomic E-state index is -0.126. The fourth-order valence-electron chi connectivity index (χ4n) is 4.11. The summed E-state index contributed by atoms with van der Waals surface area (Å²) in [5, 5.41) is 6.90. The largest absolute Gasteiger partial charge is 0.286 e. The van der Waals surface area contributed by atoms with Gasteiger partial charge in [-0.1, -0.05) is 41.4 Å². The van der Waals surface area contributed by atoms with Crippen molar-refractivity contribution < 1.29 is 4.79 Å². The maximum Gasteiger partial charge on any atom is 0.286 e. The number of hydrazine groups is 1. The van der Waals surface area contributed by atoms with Gasteiger partial charge in [0.1, 0.15) is 0 Å². The van der Waals surface area contributed by atoms with E-state index in [0.717, 1.165) is 64.9 Å². The van der Waals surface area contributed by atoms with Gasteiger partial charge >= 0.3 is 0 Å². The van der Waals surface area contributed by atoms with Crippen LogP contribution in [0.2, 0.25) is 0 Å². The van der Waals surface area contributed by atoms with Crippen LogP contribution >= 0.6 is 38.5 Å². The Hall–Kier alpha value is -1.71. The van der Waals surface area contributed by atoms with Crippen LogP contribution in [-0.4, -0.2) is 33.8 Å². The standard InChI is InChI=1S/C24H26BrIN4O/c1-3-20-22(24(31)28-29-13-5-4-6-14-29)27-30(21-12-11-19(26)15-16(21)2)23(20)17-7-9-18(25)10-8-17/h7-12,15H,3-6,13-14H2,1-2H3,(H,28,31). The minimum Gasteiger partial charge on any atom is -0.283 e. The van der Waals surface area contributed by atoms with Gasteiger partial charge in [-0.3, -0.25) is 10.2 Å². The first kappa shape index (κ1) is 22.5. The first-order chi connectivity index (χ1) is 15.0. The summed E-state index contributed by atoms with van der Waals surface area (Å²) in [6, 6.07) is 14.5. The predicted molar refractivity (Wildman–Crippen MR) is 136 cm³/mol. The zero-order valence-corrected chi connectivity index (χ0v) is 21.5. The number of rotatable bonds is 5. The van der Waals surface area contributed by atoms with Crippen LogP contribution in [0, 0.1) is 10.5 Å². The number of nitrogens with zero attached hydrogens (tertiary/aromatic N) is 3. The minimum absolute atomic E-state index is 0.126. The lowest BCUT2D eigenvalue weighted by atomic mass is 10.0. The van der Waals surface area contributed by atoms with E-state index < -0.39 is 0 Å². The molecule has 0 saturated carbocycles. The maximum absolute atomic E-state index is 13.3. The molecule has 4 rings (SSSR count). The molecule has 1 fully saturated rings. The second-order valence-electron chi connectivity index (χ2n) is 7.87. The molecule has 0 aliphatic carbocycles. The first-order valence-electron chi connectivity index (χ1n) is 10.7. The Kier molecular flexibility index (Phi) is 7.13. The topological polar surface area (TPSA) is 50.2 Å². The van der Waals surface area contributed by atoms with Crippen LogP contribution in [0.25, 0.3) is 16.9 Å². The lowest BCUT2D eigenvalue weighted by molar-refractivity contribution is 0.0743. The fraction of sp³-hybridized carbons (Fsp3) is 0.333. The molecule has 3 aromatic rings. The van der Waals surface area contributed by atoms with Gasteiger partial charge in [0, 0.05) is 32.3 Å². The highest BCUT2D eigenvalue weighted by Crippen LogP contribution is 2.32. The molecule has 1 aliphatic rings. The van der Waals surface area contributed by atoms with E-state index in [4.69, 9.17) is 5.10 Å². The Bertz CT molecular complexity index is 1090. The van der Waals surface area contributed by atoms with Gasteiger partial charge in [-0.2, -0.15) is 5.10 Å². The second-order valence-corrected chi connectivity index (χ2v) is 10.0. The van der Waals surface area contributed by atoms with Crippen molar-refractivity contribution in [1.29, 1.82) is 0 Å². The van der Waals surface area contributed by atoms with Gasteiger partial charge in [-0.05, 0) is 84.7 Å². The normalized spacial score (nSPS) is 14.6. The molecule has 31 heavy (non-hydrogen) atoms. The summed E-state index contributed by atoms with van der Waals surface area (Å²) in [6.07, 6.45) is 4.17. The van der Waals surface area contributed by atoms with E-state index in [2.05, 4.69) is 88.1 Å². The van der Waals surface area contributed by atoms with Gasteiger partial charge < -0.3 is 0 Å². The lowest BCUT2D eigenvalue weighted by Gasteiger charge is -2.26. The molecule has 1 saturated heterocycles. The summed E-state index contributed by atoms with van der Waals surface area (Å²) in [4.78, 5) is 13.3. The van der Waals surface area contributed by atoms with E-state index in [-0.39, 0.29) is 5.91 Å². The lowest BCUT2D eigenvalue weighted by Crippen LogP contribution is -2.45. The van der Waals surface area contributed by atoms with E-state index >= 15 is 0 Å². The molecule has 0 unspecified atom stereocenters. The summed E-state index contributed by atoms with van der Waals surface area (Å²) in [6.45, 7) is 5.96. The van der Waals surface area contributed by atoms with Gasteiger partial charge in [-0.15, -0.1) is 0 Å². The molecule has 1 amide bonds. The number of hydrogen-bond acceptors (Lipinski definition) is 3. The molecule has 7 heteroatoms. The average molecular weight is 593 g/mol. The highest BCUT2D eigenvalue weighted by molar-refractivity contribution is 14.1. The zero-order valence-electron chi connectivity index (χ0n) is 17.8. The van der Waals surface area contributed by atoms with Crippen LogP contribution in [0.3, 0.4) is 0 Å². The molecule has 2 aromatic carbocycles. The molecule has 1 aromatic heterocycles. The van der Waals surface area contributed by atoms with Crippen LogP contribution in [0.4, 0.5) is 0 Å². The highest BCUT2D eigenvalue weighted by Gasteiger charge is 2.26. The van der Waals surface area contributed by atoms with E-state index in [0.29, 0.717) is 5.69 Å². The van der Waals surface area contributed by atoms with Gasteiger partial charge in [0.05, 0.1) is 11.4 Å². The van der Waals surface area contributed by atoms with Crippen LogP contribution in [0.1, 0.15) is 47.8 Å². The number of aryl methyl sites for hydroxylation is 1. The second kappa shape index (κ2) is 9.83. The van der Waals surface area contributed by atoms with Crippen molar-refractivity contribution in [3.05, 3.63) is 67.3 Å². The Balaban J connectivity index is 1.84. The molecule has 1 aliphatic heterocycles. The van der Waals surface area contributed by atoms with Crippen molar-refractivity contribution in [2.45, 2.75) is 39.5 Å². The molecule has 0 spiro atoms. The molecule has 0 radical (unpaired) electrons. The van der Waals surface area contributed by atoms with Crippen molar-refractivity contribution in [2.24, 2.45) is 0 Å². The van der Waals surface area contributed by atoms with E-state index in [1.54, 1.807) is 0 Å². The SMILES string of the molecule is CCc1c(C(=O)NN2CCCCC2)nn(-c2ccc(I)cc2C)c1-c1ccc(Br)cc1. The molecule has 2 heterocycles.